The van der Waals surface area contributed by atoms with E-state index in [4.69, 9.17) is 0 Å². The lowest BCUT2D eigenvalue weighted by Crippen LogP contribution is -2.21. The van der Waals surface area contributed by atoms with E-state index in [1.165, 1.54) is 12.1 Å². The number of carbonyl (C=O) groups excluding carboxylic acids is 2. The molecule has 0 heterocycles. The number of hydrogen-bond donors (Lipinski definition) is 3. The van der Waals surface area contributed by atoms with Crippen LogP contribution in [0.25, 0.3) is 0 Å². The van der Waals surface area contributed by atoms with Gasteiger partial charge < -0.3 is 5.32 Å². The number of nitrogens with zero attached hydrogens (tertiary/aromatic N) is 1. The summed E-state index contributed by atoms with van der Waals surface area (Å²) in [6.07, 6.45) is 1.56. The summed E-state index contributed by atoms with van der Waals surface area (Å²) in [5, 5.41) is 6.50. The minimum atomic E-state index is -0.469. The Morgan fingerprint density at radius 2 is 1.68 bits per heavy atom. The first-order chi connectivity index (χ1) is 17.8. The van der Waals surface area contributed by atoms with Gasteiger partial charge >= 0.3 is 0 Å². The second-order valence-electron chi connectivity index (χ2n) is 8.34. The van der Waals surface area contributed by atoms with Crippen LogP contribution in [0.3, 0.4) is 0 Å². The molecule has 0 fully saturated rings. The molecule has 0 spiro atoms. The van der Waals surface area contributed by atoms with Gasteiger partial charge in [-0.15, -0.1) is 0 Å². The highest BCUT2D eigenvalue weighted by atomic mass is 79.9. The van der Waals surface area contributed by atoms with E-state index in [0.717, 1.165) is 22.3 Å². The highest BCUT2D eigenvalue weighted by Gasteiger charge is 2.16. The van der Waals surface area contributed by atoms with Gasteiger partial charge in [0.25, 0.3) is 11.8 Å². The highest BCUT2D eigenvalue weighted by Crippen LogP contribution is 2.29. The summed E-state index contributed by atoms with van der Waals surface area (Å²) in [7, 11) is 0. The largest absolute Gasteiger partial charge is 0.321 e. The number of anilines is 1. The smallest absolute Gasteiger partial charge is 0.273 e. The summed E-state index contributed by atoms with van der Waals surface area (Å²) in [6.45, 7) is 1.97. The zero-order valence-electron chi connectivity index (χ0n) is 19.8. The van der Waals surface area contributed by atoms with Crippen molar-refractivity contribution < 1.29 is 14.0 Å². The van der Waals surface area contributed by atoms with Crippen LogP contribution in [0.1, 0.15) is 48.2 Å². The summed E-state index contributed by atoms with van der Waals surface area (Å²) in [6, 6.07) is 25.8. The van der Waals surface area contributed by atoms with E-state index in [9.17, 15) is 14.0 Å². The molecule has 5 nitrogen and oxygen atoms in total. The van der Waals surface area contributed by atoms with Gasteiger partial charge in [-0.3, -0.25) is 9.59 Å². The third-order valence-corrected chi connectivity index (χ3v) is 6.64. The number of hydrazone groups is 1. The van der Waals surface area contributed by atoms with Gasteiger partial charge in [0.15, 0.2) is 0 Å². The zero-order chi connectivity index (χ0) is 26.4. The molecule has 0 radical (unpaired) electrons. The number of rotatable bonds is 7. The van der Waals surface area contributed by atoms with E-state index in [-0.39, 0.29) is 22.5 Å². The van der Waals surface area contributed by atoms with Crippen LogP contribution in [-0.4, -0.2) is 18.0 Å². The van der Waals surface area contributed by atoms with Crippen LogP contribution >= 0.6 is 28.6 Å². The average Bonchev–Trinajstić information content (AvgIpc) is 2.89. The maximum atomic E-state index is 13.6. The second kappa shape index (κ2) is 12.0. The van der Waals surface area contributed by atoms with Gasteiger partial charge in [-0.2, -0.15) is 17.7 Å². The molecule has 37 heavy (non-hydrogen) atoms. The zero-order valence-corrected chi connectivity index (χ0v) is 22.3. The normalized spacial score (nSPS) is 11.8. The molecule has 2 N–H and O–H groups in total. The van der Waals surface area contributed by atoms with Crippen LogP contribution < -0.4 is 10.7 Å². The van der Waals surface area contributed by atoms with Gasteiger partial charge in [0.05, 0.1) is 22.7 Å². The average molecular weight is 576 g/mol. The van der Waals surface area contributed by atoms with Crippen molar-refractivity contribution in [1.82, 2.24) is 5.43 Å². The maximum absolute atomic E-state index is 13.6. The fourth-order valence-electron chi connectivity index (χ4n) is 3.67. The molecule has 2 amide bonds. The van der Waals surface area contributed by atoms with Crippen molar-refractivity contribution in [3.8, 4) is 0 Å². The number of benzene rings is 4. The molecule has 4 rings (SSSR count). The fraction of sp³-hybridized carbons (Fsp3) is 0.0690. The topological polar surface area (TPSA) is 70.6 Å². The third kappa shape index (κ3) is 6.93. The molecule has 186 valence electrons. The van der Waals surface area contributed by atoms with Gasteiger partial charge in [0.2, 0.25) is 0 Å². The quantitative estimate of drug-likeness (QED) is 0.127. The first-order valence-corrected chi connectivity index (χ1v) is 12.7. The Morgan fingerprint density at radius 1 is 0.919 bits per heavy atom. The Bertz CT molecular complexity index is 1470. The monoisotopic (exact) mass is 575 g/mol. The standard InChI is InChI=1S/C29H23BrFN3O2S/c1-18-4-2-5-19(14-18)17-32-34-29(36)25-16-23(30)12-13-26(25)33-28(35)21-10-8-20(9-11-21)27(37)22-6-3-7-24(31)15-22/h2-17,27,37H,1H3,(H,33,35)(H,34,36)/b32-17+. The lowest BCUT2D eigenvalue weighted by molar-refractivity contribution is 0.0956. The lowest BCUT2D eigenvalue weighted by Gasteiger charge is -2.13. The molecular weight excluding hydrogens is 553 g/mol. The molecule has 1 atom stereocenters. The van der Waals surface area contributed by atoms with E-state index in [2.05, 4.69) is 44.4 Å². The van der Waals surface area contributed by atoms with Crippen LogP contribution in [0.2, 0.25) is 0 Å². The summed E-state index contributed by atoms with van der Waals surface area (Å²) >= 11 is 7.97. The van der Waals surface area contributed by atoms with Crippen molar-refractivity contribution in [3.05, 3.63) is 135 Å². The Kier molecular flexibility index (Phi) is 8.53. The number of nitrogens with one attached hydrogen (secondary N) is 2. The van der Waals surface area contributed by atoms with Crippen molar-refractivity contribution in [2.45, 2.75) is 12.2 Å². The molecule has 0 aliphatic carbocycles. The Morgan fingerprint density at radius 3 is 2.41 bits per heavy atom. The van der Waals surface area contributed by atoms with Gasteiger partial charge in [-0.05, 0) is 66.1 Å². The summed E-state index contributed by atoms with van der Waals surface area (Å²) in [4.78, 5) is 25.8. The first-order valence-electron chi connectivity index (χ1n) is 11.3. The first kappa shape index (κ1) is 26.3. The van der Waals surface area contributed by atoms with Crippen LogP contribution in [0.4, 0.5) is 10.1 Å². The fourth-order valence-corrected chi connectivity index (χ4v) is 4.36. The number of aryl methyl sites for hydroxylation is 1. The number of halogens is 2. The Hall–Kier alpha value is -3.75. The SMILES string of the molecule is Cc1cccc(/C=N/NC(=O)c2cc(Br)ccc2NC(=O)c2ccc(C(S)c3cccc(F)c3)cc2)c1. The number of thiol groups is 1. The minimum Gasteiger partial charge on any atom is -0.321 e. The molecule has 4 aromatic rings. The molecular formula is C29H23BrFN3O2S. The van der Waals surface area contributed by atoms with Gasteiger partial charge in [-0.1, -0.05) is 70.0 Å². The molecule has 0 aliphatic heterocycles. The van der Waals surface area contributed by atoms with Crippen LogP contribution in [0.5, 0.6) is 0 Å². The summed E-state index contributed by atoms with van der Waals surface area (Å²) in [5.41, 5.74) is 6.98. The van der Waals surface area contributed by atoms with Crippen molar-refractivity contribution >= 4 is 52.3 Å². The van der Waals surface area contributed by atoms with E-state index in [0.29, 0.717) is 15.7 Å². The van der Waals surface area contributed by atoms with Crippen LogP contribution in [-0.2, 0) is 0 Å². The number of carbonyl (C=O) groups is 2. The third-order valence-electron chi connectivity index (χ3n) is 5.55. The van der Waals surface area contributed by atoms with E-state index >= 15 is 0 Å². The molecule has 4 aromatic carbocycles. The summed E-state index contributed by atoms with van der Waals surface area (Å²) < 4.78 is 14.3. The van der Waals surface area contributed by atoms with E-state index in [1.54, 1.807) is 60.8 Å². The van der Waals surface area contributed by atoms with Crippen molar-refractivity contribution in [2.24, 2.45) is 5.10 Å². The van der Waals surface area contributed by atoms with E-state index in [1.807, 2.05) is 31.2 Å². The molecule has 1 unspecified atom stereocenters. The van der Waals surface area contributed by atoms with Crippen molar-refractivity contribution in [2.75, 3.05) is 5.32 Å². The minimum absolute atomic E-state index is 0.252. The lowest BCUT2D eigenvalue weighted by atomic mass is 10.0. The van der Waals surface area contributed by atoms with Gasteiger partial charge in [-0.25, -0.2) is 9.82 Å². The van der Waals surface area contributed by atoms with Crippen LogP contribution in [0.15, 0.2) is 101 Å². The maximum Gasteiger partial charge on any atom is 0.273 e. The van der Waals surface area contributed by atoms with Crippen LogP contribution in [0, 0.1) is 12.7 Å². The molecule has 0 aromatic heterocycles. The number of amides is 2. The summed E-state index contributed by atoms with van der Waals surface area (Å²) in [5.74, 6) is -1.18. The predicted molar refractivity (Wildman–Crippen MR) is 152 cm³/mol. The molecule has 0 saturated carbocycles. The molecule has 0 bridgehead atoms. The predicted octanol–water partition coefficient (Wildman–Crippen LogP) is 6.93. The van der Waals surface area contributed by atoms with Crippen molar-refractivity contribution in [3.63, 3.8) is 0 Å². The Balaban J connectivity index is 1.46. The molecule has 0 saturated heterocycles. The number of hydrogen-bond acceptors (Lipinski definition) is 4. The highest BCUT2D eigenvalue weighted by molar-refractivity contribution is 9.10. The van der Waals surface area contributed by atoms with Crippen molar-refractivity contribution in [1.29, 1.82) is 0 Å². The molecule has 0 aliphatic rings. The van der Waals surface area contributed by atoms with E-state index < -0.39 is 5.91 Å². The Labute approximate surface area is 228 Å². The molecule has 8 heteroatoms. The van der Waals surface area contributed by atoms with Gasteiger partial charge in [0.1, 0.15) is 5.82 Å². The van der Waals surface area contributed by atoms with Gasteiger partial charge in [0, 0.05) is 10.0 Å². The second-order valence-corrected chi connectivity index (χ2v) is 9.77.